The number of amides is 5. The number of carbonyl (C=O) groups is 5. The third kappa shape index (κ3) is 9.49. The van der Waals surface area contributed by atoms with Gasteiger partial charge in [0.1, 0.15) is 17.2 Å². The summed E-state index contributed by atoms with van der Waals surface area (Å²) in [6.07, 6.45) is 2.56. The van der Waals surface area contributed by atoms with Crippen molar-refractivity contribution in [1.29, 1.82) is 0 Å². The molecular formula is C42H51ClN4O7. The van der Waals surface area contributed by atoms with E-state index in [1.54, 1.807) is 19.9 Å². The molecule has 1 aliphatic heterocycles. The molecule has 3 N–H and O–H groups in total. The highest BCUT2D eigenvalue weighted by Crippen LogP contribution is 2.38. The minimum atomic E-state index is -1.88. The second-order valence-corrected chi connectivity index (χ2v) is 15.3. The van der Waals surface area contributed by atoms with Gasteiger partial charge in [-0.3, -0.25) is 19.2 Å². The Balaban J connectivity index is 1.47. The van der Waals surface area contributed by atoms with Crippen molar-refractivity contribution in [3.05, 3.63) is 93.6 Å². The number of ketones is 1. The number of hydrogen-bond acceptors (Lipinski definition) is 7. The lowest BCUT2D eigenvalue weighted by molar-refractivity contribution is -0.129. The standard InChI is InChI=1S/C42H51ClN4O7/c1-10-41(5,6)27-16-21-33(30(23-27)42(7,8)11-2)54-22-12-13-34(48)44-28-17-20-31(43)32(24-28)45-38(50)36(37(49)26-14-18-29(53-9)19-15-26)47-39(51)35(25(3)4)46-40(47)52/h14-21,23-24,36H,10-13,22H2,1-9H3,(H,44,48)(H,45,50)(H,46,52). The van der Waals surface area contributed by atoms with E-state index in [4.69, 9.17) is 21.1 Å². The van der Waals surface area contributed by atoms with Crippen molar-refractivity contribution >= 4 is 52.5 Å². The van der Waals surface area contributed by atoms with Crippen LogP contribution in [0.3, 0.4) is 0 Å². The SMILES string of the molecule is CCC(C)(C)c1ccc(OCCCC(=O)Nc2ccc(Cl)c(NC(=O)C(C(=O)c3ccc(OC)cc3)N3C(=O)NC(=C(C)C)C3=O)c2)c(C(C)(C)CC)c1. The highest BCUT2D eigenvalue weighted by Gasteiger charge is 2.46. The smallest absolute Gasteiger partial charge is 0.330 e. The molecule has 11 nitrogen and oxygen atoms in total. The van der Waals surface area contributed by atoms with Gasteiger partial charge in [-0.2, -0.15) is 0 Å². The Kier molecular flexibility index (Phi) is 13.3. The first-order valence-electron chi connectivity index (χ1n) is 18.1. The van der Waals surface area contributed by atoms with Crippen molar-refractivity contribution in [2.75, 3.05) is 24.4 Å². The molecule has 0 aromatic heterocycles. The van der Waals surface area contributed by atoms with Gasteiger partial charge in [-0.15, -0.1) is 0 Å². The number of hydrogen-bond donors (Lipinski definition) is 3. The summed E-state index contributed by atoms with van der Waals surface area (Å²) in [4.78, 5) is 67.6. The second-order valence-electron chi connectivity index (χ2n) is 14.8. The molecule has 0 radical (unpaired) electrons. The third-order valence-corrected chi connectivity index (χ3v) is 10.4. The molecule has 12 heteroatoms. The number of Topliss-reactive ketones (excluding diaryl/α,β-unsaturated/α-hetero) is 1. The molecule has 1 heterocycles. The highest BCUT2D eigenvalue weighted by atomic mass is 35.5. The molecular weight excluding hydrogens is 708 g/mol. The van der Waals surface area contributed by atoms with Gasteiger partial charge in [0.05, 0.1) is 24.4 Å². The lowest BCUT2D eigenvalue weighted by atomic mass is 9.76. The largest absolute Gasteiger partial charge is 0.497 e. The zero-order valence-corrected chi connectivity index (χ0v) is 33.3. The van der Waals surface area contributed by atoms with Crippen LogP contribution < -0.4 is 25.4 Å². The molecule has 1 fully saturated rings. The van der Waals surface area contributed by atoms with Crippen LogP contribution in [0.2, 0.25) is 5.02 Å². The zero-order chi connectivity index (χ0) is 40.0. The normalized spacial score (nSPS) is 13.7. The Morgan fingerprint density at radius 1 is 0.889 bits per heavy atom. The molecule has 3 aromatic rings. The van der Waals surface area contributed by atoms with Gasteiger partial charge >= 0.3 is 6.03 Å². The van der Waals surface area contributed by atoms with E-state index in [9.17, 15) is 24.0 Å². The molecule has 1 aliphatic rings. The van der Waals surface area contributed by atoms with Crippen LogP contribution in [-0.2, 0) is 25.2 Å². The fourth-order valence-electron chi connectivity index (χ4n) is 5.81. The number of rotatable bonds is 16. The zero-order valence-electron chi connectivity index (χ0n) is 32.6. The maximum absolute atomic E-state index is 13.9. The first kappa shape index (κ1) is 41.6. The van der Waals surface area contributed by atoms with Gasteiger partial charge in [0.15, 0.2) is 11.8 Å². The minimum absolute atomic E-state index is 0.0207. The predicted molar refractivity (Wildman–Crippen MR) is 211 cm³/mol. The Bertz CT molecular complexity index is 1950. The number of nitrogens with zero attached hydrogens (tertiary/aromatic N) is 1. The molecule has 1 saturated heterocycles. The van der Waals surface area contributed by atoms with Crippen molar-refractivity contribution in [3.63, 3.8) is 0 Å². The summed E-state index contributed by atoms with van der Waals surface area (Å²) in [5.74, 6) is -1.60. The summed E-state index contributed by atoms with van der Waals surface area (Å²) in [6.45, 7) is 16.8. The first-order chi connectivity index (χ1) is 25.4. The Morgan fingerprint density at radius 2 is 1.56 bits per heavy atom. The lowest BCUT2D eigenvalue weighted by Crippen LogP contribution is -2.52. The van der Waals surface area contributed by atoms with Gasteiger partial charge in [-0.1, -0.05) is 65.3 Å². The van der Waals surface area contributed by atoms with Crippen LogP contribution in [0.15, 0.2) is 71.9 Å². The number of halogens is 1. The van der Waals surface area contributed by atoms with Crippen molar-refractivity contribution in [2.24, 2.45) is 0 Å². The van der Waals surface area contributed by atoms with Gasteiger partial charge < -0.3 is 25.4 Å². The molecule has 3 aromatic carbocycles. The molecule has 4 rings (SSSR count). The number of carbonyl (C=O) groups excluding carboxylic acids is 5. The van der Waals surface area contributed by atoms with Crippen LogP contribution in [0.1, 0.15) is 103 Å². The lowest BCUT2D eigenvalue weighted by Gasteiger charge is -2.30. The van der Waals surface area contributed by atoms with E-state index in [1.165, 1.54) is 49.1 Å². The Morgan fingerprint density at radius 3 is 2.15 bits per heavy atom. The predicted octanol–water partition coefficient (Wildman–Crippen LogP) is 8.56. The number of allylic oxidation sites excluding steroid dienone is 1. The average molecular weight is 759 g/mol. The molecule has 54 heavy (non-hydrogen) atoms. The van der Waals surface area contributed by atoms with E-state index < -0.39 is 29.7 Å². The van der Waals surface area contributed by atoms with Gasteiger partial charge in [0, 0.05) is 23.2 Å². The first-order valence-corrected chi connectivity index (χ1v) is 18.5. The summed E-state index contributed by atoms with van der Waals surface area (Å²) in [5.41, 5.74) is 3.29. The van der Waals surface area contributed by atoms with Gasteiger partial charge in [0.25, 0.3) is 11.8 Å². The summed E-state index contributed by atoms with van der Waals surface area (Å²) < 4.78 is 11.4. The molecule has 0 bridgehead atoms. The maximum Gasteiger partial charge on any atom is 0.330 e. The molecule has 1 atom stereocenters. The number of anilines is 2. The molecule has 288 valence electrons. The number of ether oxygens (including phenoxy) is 2. The van der Waals surface area contributed by atoms with Crippen LogP contribution in [0, 0.1) is 0 Å². The fourth-order valence-corrected chi connectivity index (χ4v) is 5.98. The van der Waals surface area contributed by atoms with E-state index in [1.807, 2.05) is 6.07 Å². The number of nitrogens with one attached hydrogen (secondary N) is 3. The van der Waals surface area contributed by atoms with Crippen LogP contribution in [-0.4, -0.2) is 54.2 Å². The van der Waals surface area contributed by atoms with Crippen molar-refractivity contribution in [3.8, 4) is 11.5 Å². The average Bonchev–Trinajstić information content (AvgIpc) is 3.44. The molecule has 0 saturated carbocycles. The van der Waals surface area contributed by atoms with Crippen molar-refractivity contribution in [2.45, 2.75) is 97.9 Å². The summed E-state index contributed by atoms with van der Waals surface area (Å²) in [5, 5.41) is 7.96. The molecule has 0 spiro atoms. The summed E-state index contributed by atoms with van der Waals surface area (Å²) in [6, 6.07) is 14.0. The quantitative estimate of drug-likeness (QED) is 0.0437. The third-order valence-electron chi connectivity index (χ3n) is 10.1. The number of methoxy groups -OCH3 is 1. The van der Waals surface area contributed by atoms with Crippen molar-refractivity contribution in [1.82, 2.24) is 10.2 Å². The Hall–Kier alpha value is -5.16. The number of urea groups is 1. The summed E-state index contributed by atoms with van der Waals surface area (Å²) >= 11 is 6.44. The monoisotopic (exact) mass is 758 g/mol. The van der Waals surface area contributed by atoms with E-state index in [0.29, 0.717) is 34.9 Å². The van der Waals surface area contributed by atoms with Crippen molar-refractivity contribution < 1.29 is 33.4 Å². The van der Waals surface area contributed by atoms with Crippen LogP contribution in [0.25, 0.3) is 0 Å². The topological polar surface area (TPSA) is 143 Å². The summed E-state index contributed by atoms with van der Waals surface area (Å²) in [7, 11) is 1.47. The maximum atomic E-state index is 13.9. The van der Waals surface area contributed by atoms with E-state index in [0.717, 1.165) is 24.2 Å². The highest BCUT2D eigenvalue weighted by molar-refractivity contribution is 6.34. The Labute approximate surface area is 322 Å². The van der Waals surface area contributed by atoms with E-state index in [2.05, 4.69) is 69.6 Å². The number of benzene rings is 3. The van der Waals surface area contributed by atoms with Crippen LogP contribution in [0.4, 0.5) is 16.2 Å². The van der Waals surface area contributed by atoms with E-state index >= 15 is 0 Å². The molecule has 0 aliphatic carbocycles. The fraction of sp³-hybridized carbons (Fsp3) is 0.405. The van der Waals surface area contributed by atoms with Gasteiger partial charge in [-0.25, -0.2) is 9.69 Å². The van der Waals surface area contributed by atoms with Gasteiger partial charge in [0.2, 0.25) is 5.91 Å². The minimum Gasteiger partial charge on any atom is -0.497 e. The van der Waals surface area contributed by atoms with Gasteiger partial charge in [-0.05, 0) is 104 Å². The van der Waals surface area contributed by atoms with Crippen LogP contribution >= 0.6 is 11.6 Å². The molecule has 1 unspecified atom stereocenters. The number of imide groups is 1. The second kappa shape index (κ2) is 17.3. The van der Waals surface area contributed by atoms with E-state index in [-0.39, 0.29) is 45.1 Å². The van der Waals surface area contributed by atoms with Crippen LogP contribution in [0.5, 0.6) is 11.5 Å². The molecule has 5 amide bonds.